The molecular formula is C12H12ClN3O2S. The summed E-state index contributed by atoms with van der Waals surface area (Å²) >= 11 is 5.78. The fourth-order valence-electron chi connectivity index (χ4n) is 2.12. The maximum absolute atomic E-state index is 12.5. The summed E-state index contributed by atoms with van der Waals surface area (Å²) in [7, 11) is -3.47. The van der Waals surface area contributed by atoms with Gasteiger partial charge in [0.25, 0.3) is 0 Å². The molecule has 7 heteroatoms. The Kier molecular flexibility index (Phi) is 3.08. The number of hydrogen-bond donors (Lipinski definition) is 0. The Morgan fingerprint density at radius 1 is 1.11 bits per heavy atom. The van der Waals surface area contributed by atoms with Crippen molar-refractivity contribution in [3.05, 3.63) is 47.2 Å². The number of sulfonamides is 1. The van der Waals surface area contributed by atoms with E-state index in [9.17, 15) is 8.42 Å². The largest absolute Gasteiger partial charge is 0.267 e. The van der Waals surface area contributed by atoms with E-state index >= 15 is 0 Å². The minimum absolute atomic E-state index is 0.268. The molecule has 0 atom stereocenters. The highest BCUT2D eigenvalue weighted by atomic mass is 35.5. The lowest BCUT2D eigenvalue weighted by Crippen LogP contribution is -2.38. The van der Waals surface area contributed by atoms with Crippen LogP contribution in [0.4, 0.5) is 0 Å². The number of fused-ring (bicyclic) bond motifs is 1. The van der Waals surface area contributed by atoms with Crippen molar-refractivity contribution in [1.29, 1.82) is 0 Å². The van der Waals surface area contributed by atoms with E-state index in [4.69, 9.17) is 11.6 Å². The van der Waals surface area contributed by atoms with Crippen LogP contribution in [0.3, 0.4) is 0 Å². The molecular weight excluding hydrogens is 286 g/mol. The molecule has 0 saturated heterocycles. The number of halogens is 1. The Labute approximate surface area is 116 Å². The van der Waals surface area contributed by atoms with Crippen LogP contribution in [0.25, 0.3) is 0 Å². The molecule has 0 N–H and O–H groups in total. The second kappa shape index (κ2) is 4.63. The highest BCUT2D eigenvalue weighted by Gasteiger charge is 2.28. The smallest absolute Gasteiger partial charge is 0.243 e. The van der Waals surface area contributed by atoms with Gasteiger partial charge in [0, 0.05) is 17.8 Å². The molecule has 5 nitrogen and oxygen atoms in total. The van der Waals surface area contributed by atoms with E-state index in [1.54, 1.807) is 18.3 Å². The van der Waals surface area contributed by atoms with Crippen LogP contribution in [0.15, 0.2) is 41.4 Å². The quantitative estimate of drug-likeness (QED) is 0.848. The molecule has 0 radical (unpaired) electrons. The lowest BCUT2D eigenvalue weighted by atomic mass is 10.3. The van der Waals surface area contributed by atoms with Gasteiger partial charge < -0.3 is 0 Å². The third kappa shape index (κ3) is 2.27. The van der Waals surface area contributed by atoms with Gasteiger partial charge in [0.2, 0.25) is 10.0 Å². The van der Waals surface area contributed by atoms with E-state index < -0.39 is 10.0 Å². The van der Waals surface area contributed by atoms with E-state index in [1.165, 1.54) is 16.4 Å². The first kappa shape index (κ1) is 12.7. The Morgan fingerprint density at radius 2 is 1.84 bits per heavy atom. The number of benzene rings is 1. The molecule has 1 aliphatic rings. The van der Waals surface area contributed by atoms with Gasteiger partial charge in [-0.1, -0.05) is 11.6 Å². The average Bonchev–Trinajstić information content (AvgIpc) is 2.86. The van der Waals surface area contributed by atoms with Crippen LogP contribution in [0, 0.1) is 0 Å². The summed E-state index contributed by atoms with van der Waals surface area (Å²) in [4.78, 5) is 0.268. The second-order valence-electron chi connectivity index (χ2n) is 4.34. The van der Waals surface area contributed by atoms with Crippen LogP contribution in [0.2, 0.25) is 5.02 Å². The zero-order chi connectivity index (χ0) is 13.5. The van der Waals surface area contributed by atoms with Gasteiger partial charge >= 0.3 is 0 Å². The summed E-state index contributed by atoms with van der Waals surface area (Å²) in [5.74, 6) is 0. The Bertz CT molecular complexity index is 694. The maximum Gasteiger partial charge on any atom is 0.243 e. The zero-order valence-corrected chi connectivity index (χ0v) is 11.6. The number of rotatable bonds is 2. The normalized spacial score (nSPS) is 16.3. The first-order chi connectivity index (χ1) is 9.07. The Morgan fingerprint density at radius 3 is 2.58 bits per heavy atom. The van der Waals surface area contributed by atoms with Crippen molar-refractivity contribution in [2.24, 2.45) is 0 Å². The van der Waals surface area contributed by atoms with Crippen molar-refractivity contribution in [3.63, 3.8) is 0 Å². The average molecular weight is 298 g/mol. The summed E-state index contributed by atoms with van der Waals surface area (Å²) in [6.45, 7) is 1.36. The lowest BCUT2D eigenvalue weighted by molar-refractivity contribution is 0.326. The van der Waals surface area contributed by atoms with Gasteiger partial charge in [0.1, 0.15) is 0 Å². The molecule has 0 saturated carbocycles. The van der Waals surface area contributed by atoms with Crippen LogP contribution >= 0.6 is 11.6 Å². The maximum atomic E-state index is 12.5. The van der Waals surface area contributed by atoms with Gasteiger partial charge in [-0.25, -0.2) is 8.42 Å². The van der Waals surface area contributed by atoms with Crippen molar-refractivity contribution in [3.8, 4) is 0 Å². The molecule has 0 fully saturated rings. The first-order valence-electron chi connectivity index (χ1n) is 5.84. The van der Waals surface area contributed by atoms with Crippen LogP contribution in [0.1, 0.15) is 5.69 Å². The molecule has 2 aromatic rings. The van der Waals surface area contributed by atoms with Gasteiger partial charge in [-0.15, -0.1) is 0 Å². The molecule has 1 aliphatic heterocycles. The summed E-state index contributed by atoms with van der Waals surface area (Å²) in [6, 6.07) is 8.07. The third-order valence-electron chi connectivity index (χ3n) is 3.16. The van der Waals surface area contributed by atoms with Gasteiger partial charge in [-0.2, -0.15) is 9.40 Å². The van der Waals surface area contributed by atoms with Crippen molar-refractivity contribution in [1.82, 2.24) is 14.1 Å². The highest BCUT2D eigenvalue weighted by Crippen LogP contribution is 2.22. The minimum Gasteiger partial charge on any atom is -0.267 e. The van der Waals surface area contributed by atoms with Crippen LogP contribution in [-0.2, 0) is 23.1 Å². The molecule has 2 heterocycles. The summed E-state index contributed by atoms with van der Waals surface area (Å²) in [6.07, 6.45) is 1.69. The predicted molar refractivity (Wildman–Crippen MR) is 71.3 cm³/mol. The van der Waals surface area contributed by atoms with Crippen molar-refractivity contribution in [2.75, 3.05) is 6.54 Å². The van der Waals surface area contributed by atoms with Crippen LogP contribution in [0.5, 0.6) is 0 Å². The standard InChI is InChI=1S/C12H12ClN3O2S/c13-10-1-3-12(4-2-10)19(17,18)15-7-8-16-11(9-15)5-6-14-16/h1-6H,7-9H2. The molecule has 0 unspecified atom stereocenters. The van der Waals surface area contributed by atoms with E-state index in [1.807, 2.05) is 10.7 Å². The summed E-state index contributed by atoms with van der Waals surface area (Å²) < 4.78 is 28.3. The summed E-state index contributed by atoms with van der Waals surface area (Å²) in [5.41, 5.74) is 0.906. The SMILES string of the molecule is O=S(=O)(c1ccc(Cl)cc1)N1CCn2nccc2C1. The monoisotopic (exact) mass is 297 g/mol. The predicted octanol–water partition coefficient (Wildman–Crippen LogP) is 1.74. The molecule has 100 valence electrons. The van der Waals surface area contributed by atoms with Crippen molar-refractivity contribution >= 4 is 21.6 Å². The molecule has 1 aromatic carbocycles. The summed E-state index contributed by atoms with van der Waals surface area (Å²) in [5, 5.41) is 4.66. The van der Waals surface area contributed by atoms with Crippen molar-refractivity contribution < 1.29 is 8.42 Å². The fourth-order valence-corrected chi connectivity index (χ4v) is 3.65. The highest BCUT2D eigenvalue weighted by molar-refractivity contribution is 7.89. The number of hydrogen-bond acceptors (Lipinski definition) is 3. The second-order valence-corrected chi connectivity index (χ2v) is 6.71. The molecule has 0 aliphatic carbocycles. The zero-order valence-electron chi connectivity index (χ0n) is 10.0. The van der Waals surface area contributed by atoms with Crippen LogP contribution in [-0.4, -0.2) is 29.0 Å². The molecule has 3 rings (SSSR count). The fraction of sp³-hybridized carbons (Fsp3) is 0.250. The first-order valence-corrected chi connectivity index (χ1v) is 7.65. The third-order valence-corrected chi connectivity index (χ3v) is 5.27. The van der Waals surface area contributed by atoms with Gasteiger partial charge in [-0.3, -0.25) is 4.68 Å². The minimum atomic E-state index is -3.47. The number of aromatic nitrogens is 2. The Balaban J connectivity index is 1.92. The van der Waals surface area contributed by atoms with Crippen molar-refractivity contribution in [2.45, 2.75) is 18.0 Å². The molecule has 19 heavy (non-hydrogen) atoms. The lowest BCUT2D eigenvalue weighted by Gasteiger charge is -2.26. The van der Waals surface area contributed by atoms with E-state index in [0.29, 0.717) is 24.7 Å². The number of nitrogens with zero attached hydrogens (tertiary/aromatic N) is 3. The van der Waals surface area contributed by atoms with Gasteiger partial charge in [0.05, 0.1) is 23.7 Å². The van der Waals surface area contributed by atoms with E-state index in [2.05, 4.69) is 5.10 Å². The topological polar surface area (TPSA) is 55.2 Å². The van der Waals surface area contributed by atoms with Crippen LogP contribution < -0.4 is 0 Å². The van der Waals surface area contributed by atoms with Gasteiger partial charge in [-0.05, 0) is 30.3 Å². The molecule has 1 aromatic heterocycles. The molecule has 0 amide bonds. The molecule has 0 spiro atoms. The van der Waals surface area contributed by atoms with E-state index in [0.717, 1.165) is 5.69 Å². The Hall–Kier alpha value is -1.37. The van der Waals surface area contributed by atoms with Gasteiger partial charge in [0.15, 0.2) is 0 Å². The molecule has 0 bridgehead atoms. The van der Waals surface area contributed by atoms with E-state index in [-0.39, 0.29) is 4.90 Å².